The van der Waals surface area contributed by atoms with Gasteiger partial charge in [0.1, 0.15) is 0 Å². The maximum Gasteiger partial charge on any atom is 0.221 e. The van der Waals surface area contributed by atoms with Crippen molar-refractivity contribution in [3.63, 3.8) is 0 Å². The van der Waals surface area contributed by atoms with Gasteiger partial charge in [-0.1, -0.05) is 13.3 Å². The first kappa shape index (κ1) is 14.8. The first-order valence-corrected chi connectivity index (χ1v) is 7.76. The number of hydrogen-bond donors (Lipinski definition) is 2. The molecule has 2 heterocycles. The summed E-state index contributed by atoms with van der Waals surface area (Å²) >= 11 is 0. The average Bonchev–Trinajstić information content (AvgIpc) is 2.42. The summed E-state index contributed by atoms with van der Waals surface area (Å²) in [6.45, 7) is 6.51. The normalized spacial score (nSPS) is 28.0. The van der Waals surface area contributed by atoms with Crippen LogP contribution in [0.4, 0.5) is 0 Å². The van der Waals surface area contributed by atoms with E-state index in [1.165, 1.54) is 25.7 Å². The van der Waals surface area contributed by atoms with Gasteiger partial charge >= 0.3 is 0 Å². The van der Waals surface area contributed by atoms with E-state index in [1.54, 1.807) is 0 Å². The van der Waals surface area contributed by atoms with E-state index in [2.05, 4.69) is 29.5 Å². The Morgan fingerprint density at radius 1 is 1.37 bits per heavy atom. The highest BCUT2D eigenvalue weighted by molar-refractivity contribution is 5.76. The van der Waals surface area contributed by atoms with Crippen molar-refractivity contribution in [1.82, 2.24) is 15.5 Å². The van der Waals surface area contributed by atoms with Crippen LogP contribution in [-0.2, 0) is 4.79 Å². The van der Waals surface area contributed by atoms with Gasteiger partial charge in [0.25, 0.3) is 0 Å². The lowest BCUT2D eigenvalue weighted by Gasteiger charge is -2.38. The zero-order chi connectivity index (χ0) is 13.7. The number of piperidine rings is 2. The molecule has 2 N–H and O–H groups in total. The van der Waals surface area contributed by atoms with Crippen LogP contribution < -0.4 is 10.6 Å². The fourth-order valence-corrected chi connectivity index (χ4v) is 3.04. The molecular formula is C15H29N3O. The first-order valence-electron chi connectivity index (χ1n) is 7.76. The van der Waals surface area contributed by atoms with Crippen LogP contribution in [0.2, 0.25) is 0 Å². The molecule has 0 spiro atoms. The summed E-state index contributed by atoms with van der Waals surface area (Å²) < 4.78 is 0. The summed E-state index contributed by atoms with van der Waals surface area (Å²) in [7, 11) is 2.17. The van der Waals surface area contributed by atoms with Crippen molar-refractivity contribution in [2.45, 2.75) is 51.5 Å². The Labute approximate surface area is 117 Å². The quantitative estimate of drug-likeness (QED) is 0.808. The molecule has 2 fully saturated rings. The molecule has 0 aromatic carbocycles. The maximum atomic E-state index is 12.0. The van der Waals surface area contributed by atoms with Gasteiger partial charge < -0.3 is 15.5 Å². The molecule has 2 rings (SSSR count). The fourth-order valence-electron chi connectivity index (χ4n) is 3.04. The number of likely N-dealkylation sites (tertiary alicyclic amines) is 1. The van der Waals surface area contributed by atoms with E-state index in [9.17, 15) is 4.79 Å². The Kier molecular flexibility index (Phi) is 5.22. The number of rotatable bonds is 4. The predicted octanol–water partition coefficient (Wildman–Crippen LogP) is 1.37. The third-order valence-electron chi connectivity index (χ3n) is 4.75. The molecule has 2 saturated heterocycles. The van der Waals surface area contributed by atoms with Crippen molar-refractivity contribution in [2.24, 2.45) is 5.41 Å². The second-order valence-electron chi connectivity index (χ2n) is 6.74. The monoisotopic (exact) mass is 267 g/mol. The van der Waals surface area contributed by atoms with Gasteiger partial charge in [0, 0.05) is 19.0 Å². The maximum absolute atomic E-state index is 12.0. The second-order valence-corrected chi connectivity index (χ2v) is 6.74. The lowest BCUT2D eigenvalue weighted by molar-refractivity contribution is -0.122. The summed E-state index contributed by atoms with van der Waals surface area (Å²) in [5.74, 6) is 0.222. The molecule has 0 bridgehead atoms. The molecule has 19 heavy (non-hydrogen) atoms. The molecular weight excluding hydrogens is 238 g/mol. The molecule has 0 aliphatic carbocycles. The summed E-state index contributed by atoms with van der Waals surface area (Å²) in [6.07, 6.45) is 6.68. The molecule has 1 amide bonds. The van der Waals surface area contributed by atoms with Crippen molar-refractivity contribution in [2.75, 3.05) is 33.2 Å². The number of hydrogen-bond acceptors (Lipinski definition) is 3. The van der Waals surface area contributed by atoms with E-state index in [-0.39, 0.29) is 5.91 Å². The van der Waals surface area contributed by atoms with E-state index in [0.717, 1.165) is 32.6 Å². The van der Waals surface area contributed by atoms with Gasteiger partial charge in [-0.15, -0.1) is 0 Å². The number of carbonyl (C=O) groups is 1. The van der Waals surface area contributed by atoms with Crippen molar-refractivity contribution < 1.29 is 4.79 Å². The largest absolute Gasteiger partial charge is 0.356 e. The van der Waals surface area contributed by atoms with Gasteiger partial charge in [0.2, 0.25) is 5.91 Å². The zero-order valence-corrected chi connectivity index (χ0v) is 12.5. The highest BCUT2D eigenvalue weighted by Crippen LogP contribution is 2.29. The van der Waals surface area contributed by atoms with Gasteiger partial charge in [0.15, 0.2) is 0 Å². The second kappa shape index (κ2) is 6.71. The van der Waals surface area contributed by atoms with Crippen LogP contribution in [0.3, 0.4) is 0 Å². The molecule has 4 nitrogen and oxygen atoms in total. The molecule has 2 aliphatic rings. The Hall–Kier alpha value is -0.610. The SMILES string of the molecule is CN1CCC(C)(CNC(=O)CC2CCCCN2)CC1. The average molecular weight is 267 g/mol. The highest BCUT2D eigenvalue weighted by atomic mass is 16.1. The Balaban J connectivity index is 1.67. The van der Waals surface area contributed by atoms with Gasteiger partial charge in [-0.25, -0.2) is 0 Å². The smallest absolute Gasteiger partial charge is 0.221 e. The van der Waals surface area contributed by atoms with Crippen LogP contribution in [0, 0.1) is 5.41 Å². The standard InChI is InChI=1S/C15H29N3O/c1-15(6-9-18(2)10-7-15)12-17-14(19)11-13-5-3-4-8-16-13/h13,16H,3-12H2,1-2H3,(H,17,19). The van der Waals surface area contributed by atoms with Gasteiger partial charge in [-0.05, 0) is 57.8 Å². The molecule has 2 aliphatic heterocycles. The zero-order valence-electron chi connectivity index (χ0n) is 12.5. The Morgan fingerprint density at radius 3 is 2.74 bits per heavy atom. The molecule has 0 aromatic rings. The molecule has 0 saturated carbocycles. The molecule has 1 unspecified atom stereocenters. The van der Waals surface area contributed by atoms with Gasteiger partial charge in [0.05, 0.1) is 0 Å². The van der Waals surface area contributed by atoms with Crippen molar-refractivity contribution in [3.8, 4) is 0 Å². The first-order chi connectivity index (χ1) is 9.07. The molecule has 0 radical (unpaired) electrons. The van der Waals surface area contributed by atoms with E-state index in [0.29, 0.717) is 17.9 Å². The van der Waals surface area contributed by atoms with E-state index in [4.69, 9.17) is 0 Å². The summed E-state index contributed by atoms with van der Waals surface area (Å²) in [5.41, 5.74) is 0.294. The van der Waals surface area contributed by atoms with Gasteiger partial charge in [-0.2, -0.15) is 0 Å². The van der Waals surface area contributed by atoms with Gasteiger partial charge in [-0.3, -0.25) is 4.79 Å². The van der Waals surface area contributed by atoms with Crippen molar-refractivity contribution in [3.05, 3.63) is 0 Å². The van der Waals surface area contributed by atoms with Crippen LogP contribution in [0.15, 0.2) is 0 Å². The van der Waals surface area contributed by atoms with Crippen LogP contribution >= 0.6 is 0 Å². The minimum absolute atomic E-state index is 0.222. The topological polar surface area (TPSA) is 44.4 Å². The molecule has 0 aromatic heterocycles. The Morgan fingerprint density at radius 2 is 2.11 bits per heavy atom. The third kappa shape index (κ3) is 4.77. The summed E-state index contributed by atoms with van der Waals surface area (Å²) in [4.78, 5) is 14.4. The van der Waals surface area contributed by atoms with Crippen LogP contribution in [0.5, 0.6) is 0 Å². The molecule has 1 atom stereocenters. The highest BCUT2D eigenvalue weighted by Gasteiger charge is 2.29. The third-order valence-corrected chi connectivity index (χ3v) is 4.75. The molecule has 110 valence electrons. The van der Waals surface area contributed by atoms with E-state index in [1.807, 2.05) is 0 Å². The van der Waals surface area contributed by atoms with Crippen LogP contribution in [0.1, 0.15) is 45.4 Å². The number of nitrogens with zero attached hydrogens (tertiary/aromatic N) is 1. The lowest BCUT2D eigenvalue weighted by Crippen LogP contribution is -2.45. The lowest BCUT2D eigenvalue weighted by atomic mass is 9.80. The minimum atomic E-state index is 0.222. The minimum Gasteiger partial charge on any atom is -0.356 e. The Bertz CT molecular complexity index is 292. The fraction of sp³-hybridized carbons (Fsp3) is 0.933. The number of nitrogens with one attached hydrogen (secondary N) is 2. The number of amides is 1. The summed E-state index contributed by atoms with van der Waals surface area (Å²) in [5, 5.41) is 6.59. The predicted molar refractivity (Wildman–Crippen MR) is 78.1 cm³/mol. The van der Waals surface area contributed by atoms with Crippen LogP contribution in [0.25, 0.3) is 0 Å². The van der Waals surface area contributed by atoms with E-state index >= 15 is 0 Å². The van der Waals surface area contributed by atoms with Crippen molar-refractivity contribution in [1.29, 1.82) is 0 Å². The summed E-state index contributed by atoms with van der Waals surface area (Å²) in [6, 6.07) is 0.402. The number of carbonyl (C=O) groups excluding carboxylic acids is 1. The van der Waals surface area contributed by atoms with Crippen LogP contribution in [-0.4, -0.2) is 50.1 Å². The molecule has 4 heteroatoms. The van der Waals surface area contributed by atoms with E-state index < -0.39 is 0 Å². The van der Waals surface area contributed by atoms with Crippen molar-refractivity contribution >= 4 is 5.91 Å².